The predicted molar refractivity (Wildman–Crippen MR) is 73.4 cm³/mol. The van der Waals surface area contributed by atoms with Crippen molar-refractivity contribution in [3.63, 3.8) is 0 Å². The Morgan fingerprint density at radius 3 is 2.47 bits per heavy atom. The van der Waals surface area contributed by atoms with E-state index in [-0.39, 0.29) is 5.41 Å². The molecule has 0 amide bonds. The van der Waals surface area contributed by atoms with Gasteiger partial charge in [0, 0.05) is 24.5 Å². The predicted octanol–water partition coefficient (Wildman–Crippen LogP) is 2.12. The summed E-state index contributed by atoms with van der Waals surface area (Å²) in [5.74, 6) is 0. The molecule has 0 saturated carbocycles. The number of hydrogen-bond acceptors (Lipinski definition) is 3. The summed E-state index contributed by atoms with van der Waals surface area (Å²) >= 11 is 0. The van der Waals surface area contributed by atoms with Crippen LogP contribution >= 0.6 is 0 Å². The third kappa shape index (κ3) is 7.02. The molecule has 0 aromatic carbocycles. The molecule has 17 heavy (non-hydrogen) atoms. The van der Waals surface area contributed by atoms with Crippen LogP contribution in [0, 0.1) is 5.41 Å². The lowest BCUT2D eigenvalue weighted by molar-refractivity contribution is 0.0498. The zero-order valence-electron chi connectivity index (χ0n) is 12.1. The molecule has 3 heteroatoms. The first-order valence-corrected chi connectivity index (χ1v) is 7.03. The summed E-state index contributed by atoms with van der Waals surface area (Å²) in [5, 5.41) is 3.48. The minimum absolute atomic E-state index is 0.231. The SMILES string of the molecule is CC(C)NCC(C)(C)COCCN1CCCC1. The molecule has 0 aromatic heterocycles. The average molecular weight is 242 g/mol. The zero-order chi connectivity index (χ0) is 12.7. The van der Waals surface area contributed by atoms with Crippen molar-refractivity contribution in [3.05, 3.63) is 0 Å². The molecule has 1 saturated heterocycles. The van der Waals surface area contributed by atoms with Gasteiger partial charge in [-0.3, -0.25) is 0 Å². The van der Waals surface area contributed by atoms with Crippen molar-refractivity contribution in [1.29, 1.82) is 0 Å². The van der Waals surface area contributed by atoms with Gasteiger partial charge in [-0.15, -0.1) is 0 Å². The molecule has 102 valence electrons. The largest absolute Gasteiger partial charge is 0.380 e. The van der Waals surface area contributed by atoms with E-state index in [4.69, 9.17) is 4.74 Å². The zero-order valence-corrected chi connectivity index (χ0v) is 12.1. The number of rotatable bonds is 8. The van der Waals surface area contributed by atoms with E-state index < -0.39 is 0 Å². The normalized spacial score (nSPS) is 18.2. The van der Waals surface area contributed by atoms with Crippen LogP contribution in [0.15, 0.2) is 0 Å². The monoisotopic (exact) mass is 242 g/mol. The Morgan fingerprint density at radius 1 is 1.24 bits per heavy atom. The molecule has 3 nitrogen and oxygen atoms in total. The highest BCUT2D eigenvalue weighted by Crippen LogP contribution is 2.14. The lowest BCUT2D eigenvalue weighted by Gasteiger charge is -2.26. The van der Waals surface area contributed by atoms with Crippen molar-refractivity contribution < 1.29 is 4.74 Å². The van der Waals surface area contributed by atoms with Crippen molar-refractivity contribution in [2.75, 3.05) is 39.4 Å². The van der Waals surface area contributed by atoms with Crippen LogP contribution in [-0.2, 0) is 4.74 Å². The maximum absolute atomic E-state index is 5.81. The summed E-state index contributed by atoms with van der Waals surface area (Å²) in [6.45, 7) is 15.3. The Labute approximate surface area is 107 Å². The topological polar surface area (TPSA) is 24.5 Å². The minimum Gasteiger partial charge on any atom is -0.380 e. The second kappa shape index (κ2) is 7.34. The smallest absolute Gasteiger partial charge is 0.0593 e. The molecule has 0 bridgehead atoms. The van der Waals surface area contributed by atoms with Gasteiger partial charge in [-0.2, -0.15) is 0 Å². The van der Waals surface area contributed by atoms with Gasteiger partial charge in [-0.1, -0.05) is 27.7 Å². The van der Waals surface area contributed by atoms with Gasteiger partial charge in [0.25, 0.3) is 0 Å². The van der Waals surface area contributed by atoms with Gasteiger partial charge in [-0.05, 0) is 25.9 Å². The summed E-state index contributed by atoms with van der Waals surface area (Å²) in [7, 11) is 0. The van der Waals surface area contributed by atoms with Gasteiger partial charge >= 0.3 is 0 Å². The van der Waals surface area contributed by atoms with E-state index in [0.29, 0.717) is 6.04 Å². The fourth-order valence-electron chi connectivity index (χ4n) is 2.08. The van der Waals surface area contributed by atoms with Crippen LogP contribution in [-0.4, -0.2) is 50.3 Å². The van der Waals surface area contributed by atoms with Gasteiger partial charge in [0.05, 0.1) is 13.2 Å². The quantitative estimate of drug-likeness (QED) is 0.660. The van der Waals surface area contributed by atoms with Crippen molar-refractivity contribution >= 4 is 0 Å². The second-order valence-electron chi connectivity index (χ2n) is 6.30. The Hall–Kier alpha value is -0.120. The molecule has 0 radical (unpaired) electrons. The number of hydrogen-bond donors (Lipinski definition) is 1. The number of nitrogens with one attached hydrogen (secondary N) is 1. The van der Waals surface area contributed by atoms with Crippen LogP contribution in [0.2, 0.25) is 0 Å². The van der Waals surface area contributed by atoms with Crippen LogP contribution in [0.1, 0.15) is 40.5 Å². The molecule has 1 aliphatic rings. The van der Waals surface area contributed by atoms with E-state index in [1.165, 1.54) is 25.9 Å². The fraction of sp³-hybridized carbons (Fsp3) is 1.00. The summed E-state index contributed by atoms with van der Waals surface area (Å²) in [6, 6.07) is 0.555. The van der Waals surface area contributed by atoms with Crippen molar-refractivity contribution in [2.24, 2.45) is 5.41 Å². The Morgan fingerprint density at radius 2 is 1.88 bits per heavy atom. The Bertz CT molecular complexity index is 198. The van der Waals surface area contributed by atoms with Crippen LogP contribution in [0.4, 0.5) is 0 Å². The molecule has 0 unspecified atom stereocenters. The fourth-order valence-corrected chi connectivity index (χ4v) is 2.08. The molecule has 1 rings (SSSR count). The van der Waals surface area contributed by atoms with E-state index in [1.807, 2.05) is 0 Å². The first-order valence-electron chi connectivity index (χ1n) is 7.03. The summed E-state index contributed by atoms with van der Waals surface area (Å²) < 4.78 is 5.81. The summed E-state index contributed by atoms with van der Waals surface area (Å²) in [4.78, 5) is 2.50. The van der Waals surface area contributed by atoms with Crippen molar-refractivity contribution in [3.8, 4) is 0 Å². The van der Waals surface area contributed by atoms with Crippen molar-refractivity contribution in [1.82, 2.24) is 10.2 Å². The van der Waals surface area contributed by atoms with Gasteiger partial charge in [0.15, 0.2) is 0 Å². The summed E-state index contributed by atoms with van der Waals surface area (Å²) in [6.07, 6.45) is 2.73. The van der Waals surface area contributed by atoms with E-state index in [9.17, 15) is 0 Å². The van der Waals surface area contributed by atoms with E-state index >= 15 is 0 Å². The molecule has 0 aliphatic carbocycles. The molecule has 0 atom stereocenters. The maximum atomic E-state index is 5.81. The second-order valence-corrected chi connectivity index (χ2v) is 6.30. The first kappa shape index (κ1) is 14.9. The lowest BCUT2D eigenvalue weighted by atomic mass is 9.94. The van der Waals surface area contributed by atoms with E-state index in [1.54, 1.807) is 0 Å². The van der Waals surface area contributed by atoms with Crippen LogP contribution < -0.4 is 5.32 Å². The number of nitrogens with zero attached hydrogens (tertiary/aromatic N) is 1. The number of ether oxygens (including phenoxy) is 1. The maximum Gasteiger partial charge on any atom is 0.0593 e. The van der Waals surface area contributed by atoms with Gasteiger partial charge in [0.1, 0.15) is 0 Å². The third-order valence-corrected chi connectivity index (χ3v) is 3.23. The number of likely N-dealkylation sites (tertiary alicyclic amines) is 1. The Kier molecular flexibility index (Phi) is 6.45. The molecule has 0 aromatic rings. The average Bonchev–Trinajstić information content (AvgIpc) is 2.75. The minimum atomic E-state index is 0.231. The van der Waals surface area contributed by atoms with Crippen molar-refractivity contribution in [2.45, 2.75) is 46.6 Å². The molecule has 1 fully saturated rings. The summed E-state index contributed by atoms with van der Waals surface area (Å²) in [5.41, 5.74) is 0.231. The third-order valence-electron chi connectivity index (χ3n) is 3.23. The molecule has 1 aliphatic heterocycles. The lowest BCUT2D eigenvalue weighted by Crippen LogP contribution is -2.37. The highest BCUT2D eigenvalue weighted by Gasteiger charge is 2.18. The molecular formula is C14H30N2O. The van der Waals surface area contributed by atoms with Crippen LogP contribution in [0.5, 0.6) is 0 Å². The van der Waals surface area contributed by atoms with Gasteiger partial charge < -0.3 is 15.0 Å². The van der Waals surface area contributed by atoms with Crippen LogP contribution in [0.25, 0.3) is 0 Å². The van der Waals surface area contributed by atoms with Gasteiger partial charge in [0.2, 0.25) is 0 Å². The van der Waals surface area contributed by atoms with E-state index in [2.05, 4.69) is 37.9 Å². The van der Waals surface area contributed by atoms with Crippen LogP contribution in [0.3, 0.4) is 0 Å². The first-order chi connectivity index (χ1) is 7.99. The standard InChI is InChI=1S/C14H30N2O/c1-13(2)15-11-14(3,4)12-17-10-9-16-7-5-6-8-16/h13,15H,5-12H2,1-4H3. The molecular weight excluding hydrogens is 212 g/mol. The van der Waals surface area contributed by atoms with E-state index in [0.717, 1.165) is 26.3 Å². The highest BCUT2D eigenvalue weighted by molar-refractivity contribution is 4.72. The Balaban J connectivity index is 2.03. The highest BCUT2D eigenvalue weighted by atomic mass is 16.5. The van der Waals surface area contributed by atoms with Gasteiger partial charge in [-0.25, -0.2) is 0 Å². The molecule has 0 spiro atoms. The molecule has 1 N–H and O–H groups in total. The molecule has 1 heterocycles.